The third-order valence-electron chi connectivity index (χ3n) is 2.74. The largest absolute Gasteiger partial charge is 0.435 e. The van der Waals surface area contributed by atoms with Gasteiger partial charge in [-0.15, -0.1) is 0 Å². The van der Waals surface area contributed by atoms with Crippen LogP contribution in [0.3, 0.4) is 0 Å². The molecule has 0 bridgehead atoms. The number of rotatable bonds is 5. The van der Waals surface area contributed by atoms with Gasteiger partial charge in [-0.2, -0.15) is 8.78 Å². The molecule has 4 heteroatoms. The van der Waals surface area contributed by atoms with E-state index in [1.165, 1.54) is 5.56 Å². The summed E-state index contributed by atoms with van der Waals surface area (Å²) in [6, 6.07) is 14.9. The van der Waals surface area contributed by atoms with Crippen LogP contribution in [0, 0.1) is 0 Å². The van der Waals surface area contributed by atoms with Crippen LogP contribution in [0.15, 0.2) is 53.0 Å². The number of ether oxygens (including phenoxy) is 1. The highest BCUT2D eigenvalue weighted by atomic mass is 79.9. The quantitative estimate of drug-likeness (QED) is 0.764. The highest BCUT2D eigenvalue weighted by Gasteiger charge is 2.03. The number of halogens is 3. The Morgan fingerprint density at radius 3 is 2.26 bits per heavy atom. The number of alkyl halides is 2. The molecule has 0 aliphatic rings. The van der Waals surface area contributed by atoms with Crippen LogP contribution < -0.4 is 4.74 Å². The van der Waals surface area contributed by atoms with Gasteiger partial charge in [0.1, 0.15) is 5.75 Å². The zero-order chi connectivity index (χ0) is 13.7. The Balaban J connectivity index is 1.93. The molecule has 0 aliphatic carbocycles. The first-order valence-electron chi connectivity index (χ1n) is 5.92. The molecule has 0 spiro atoms. The van der Waals surface area contributed by atoms with E-state index < -0.39 is 6.61 Å². The topological polar surface area (TPSA) is 9.23 Å². The first-order chi connectivity index (χ1) is 9.13. The molecule has 0 amide bonds. The highest BCUT2D eigenvalue weighted by Crippen LogP contribution is 2.17. The number of hydrogen-bond acceptors (Lipinski definition) is 1. The lowest BCUT2D eigenvalue weighted by Gasteiger charge is -2.06. The highest BCUT2D eigenvalue weighted by molar-refractivity contribution is 9.10. The van der Waals surface area contributed by atoms with Crippen LogP contribution in [0.1, 0.15) is 11.1 Å². The fourth-order valence-corrected chi connectivity index (χ4v) is 2.27. The van der Waals surface area contributed by atoms with Crippen LogP contribution in [0.25, 0.3) is 0 Å². The van der Waals surface area contributed by atoms with E-state index in [1.54, 1.807) is 12.1 Å². The maximum atomic E-state index is 12.0. The molecule has 100 valence electrons. The van der Waals surface area contributed by atoms with Gasteiger partial charge >= 0.3 is 6.61 Å². The van der Waals surface area contributed by atoms with Crippen molar-refractivity contribution in [3.63, 3.8) is 0 Å². The molecule has 0 saturated heterocycles. The summed E-state index contributed by atoms with van der Waals surface area (Å²) in [5.74, 6) is 0.196. The predicted molar refractivity (Wildman–Crippen MR) is 74.6 cm³/mol. The lowest BCUT2D eigenvalue weighted by molar-refractivity contribution is -0.0498. The van der Waals surface area contributed by atoms with Crippen LogP contribution in [-0.4, -0.2) is 6.61 Å². The van der Waals surface area contributed by atoms with Crippen molar-refractivity contribution in [2.75, 3.05) is 0 Å². The predicted octanol–water partition coefficient (Wildman–Crippen LogP) is 4.84. The molecule has 1 nitrogen and oxygen atoms in total. The van der Waals surface area contributed by atoms with E-state index in [-0.39, 0.29) is 5.75 Å². The lowest BCUT2D eigenvalue weighted by Crippen LogP contribution is -2.01. The third-order valence-corrected chi connectivity index (χ3v) is 3.23. The maximum Gasteiger partial charge on any atom is 0.387 e. The normalized spacial score (nSPS) is 10.7. The molecule has 0 radical (unpaired) electrons. The molecule has 2 aromatic carbocycles. The monoisotopic (exact) mass is 326 g/mol. The van der Waals surface area contributed by atoms with Gasteiger partial charge in [-0.1, -0.05) is 40.2 Å². The molecule has 0 unspecified atom stereocenters. The second kappa shape index (κ2) is 6.66. The van der Waals surface area contributed by atoms with Crippen LogP contribution in [-0.2, 0) is 12.8 Å². The third kappa shape index (κ3) is 4.63. The molecule has 19 heavy (non-hydrogen) atoms. The Labute approximate surface area is 119 Å². The fourth-order valence-electron chi connectivity index (χ4n) is 1.82. The summed E-state index contributed by atoms with van der Waals surface area (Å²) in [7, 11) is 0. The minimum absolute atomic E-state index is 0.196. The van der Waals surface area contributed by atoms with E-state index in [0.29, 0.717) is 0 Å². The standard InChI is InChI=1S/C15H13BrF2O/c16-13-3-1-2-12(10-13)5-4-11-6-8-14(9-7-11)19-15(17)18/h1-3,6-10,15H,4-5H2. The van der Waals surface area contributed by atoms with Gasteiger partial charge in [-0.05, 0) is 48.2 Å². The minimum Gasteiger partial charge on any atom is -0.435 e. The zero-order valence-electron chi connectivity index (χ0n) is 10.2. The van der Waals surface area contributed by atoms with Gasteiger partial charge in [0.25, 0.3) is 0 Å². The van der Waals surface area contributed by atoms with Crippen LogP contribution >= 0.6 is 15.9 Å². The second-order valence-corrected chi connectivity index (χ2v) is 5.07. The van der Waals surface area contributed by atoms with Crippen LogP contribution in [0.2, 0.25) is 0 Å². The van der Waals surface area contributed by atoms with Crippen molar-refractivity contribution in [1.29, 1.82) is 0 Å². The van der Waals surface area contributed by atoms with E-state index in [0.717, 1.165) is 22.9 Å². The zero-order valence-corrected chi connectivity index (χ0v) is 11.7. The summed E-state index contributed by atoms with van der Waals surface area (Å²) in [5, 5.41) is 0. The van der Waals surface area contributed by atoms with Gasteiger partial charge < -0.3 is 4.74 Å². The Hall–Kier alpha value is -1.42. The fraction of sp³-hybridized carbons (Fsp3) is 0.200. The Morgan fingerprint density at radius 1 is 0.947 bits per heavy atom. The van der Waals surface area contributed by atoms with E-state index in [2.05, 4.69) is 32.8 Å². The molecular formula is C15H13BrF2O. The van der Waals surface area contributed by atoms with Crippen molar-refractivity contribution < 1.29 is 13.5 Å². The van der Waals surface area contributed by atoms with Gasteiger partial charge in [-0.25, -0.2) is 0 Å². The average molecular weight is 327 g/mol. The van der Waals surface area contributed by atoms with Gasteiger partial charge in [0.2, 0.25) is 0 Å². The summed E-state index contributed by atoms with van der Waals surface area (Å²) < 4.78 is 29.4. The van der Waals surface area contributed by atoms with Gasteiger partial charge in [0.15, 0.2) is 0 Å². The lowest BCUT2D eigenvalue weighted by atomic mass is 10.0. The first kappa shape index (κ1) is 14.0. The van der Waals surface area contributed by atoms with E-state index in [4.69, 9.17) is 0 Å². The molecule has 0 atom stereocenters. The number of aryl methyl sites for hydroxylation is 2. The van der Waals surface area contributed by atoms with E-state index in [9.17, 15) is 8.78 Å². The summed E-state index contributed by atoms with van der Waals surface area (Å²) >= 11 is 3.43. The molecule has 0 N–H and O–H groups in total. The van der Waals surface area contributed by atoms with Gasteiger partial charge in [-0.3, -0.25) is 0 Å². The smallest absolute Gasteiger partial charge is 0.387 e. The summed E-state index contributed by atoms with van der Waals surface area (Å²) in [6.07, 6.45) is 1.78. The van der Waals surface area contributed by atoms with Crippen molar-refractivity contribution >= 4 is 15.9 Å². The molecule has 0 saturated carbocycles. The number of benzene rings is 2. The Morgan fingerprint density at radius 2 is 1.63 bits per heavy atom. The van der Waals surface area contributed by atoms with Crippen LogP contribution in [0.4, 0.5) is 8.78 Å². The Bertz CT molecular complexity index is 526. The molecular weight excluding hydrogens is 314 g/mol. The average Bonchev–Trinajstić information content (AvgIpc) is 2.37. The van der Waals surface area contributed by atoms with Crippen LogP contribution in [0.5, 0.6) is 5.75 Å². The van der Waals surface area contributed by atoms with E-state index >= 15 is 0 Å². The molecule has 0 aliphatic heterocycles. The SMILES string of the molecule is FC(F)Oc1ccc(CCc2cccc(Br)c2)cc1. The van der Waals surface area contributed by atoms with Crippen molar-refractivity contribution in [1.82, 2.24) is 0 Å². The minimum atomic E-state index is -2.77. The van der Waals surface area contributed by atoms with Crippen molar-refractivity contribution in [2.45, 2.75) is 19.5 Å². The van der Waals surface area contributed by atoms with Gasteiger partial charge in [0, 0.05) is 4.47 Å². The molecule has 0 fully saturated rings. The number of hydrogen-bond donors (Lipinski definition) is 0. The van der Waals surface area contributed by atoms with Crippen molar-refractivity contribution in [2.24, 2.45) is 0 Å². The molecule has 2 aromatic rings. The summed E-state index contributed by atoms with van der Waals surface area (Å²) in [5.41, 5.74) is 2.34. The summed E-state index contributed by atoms with van der Waals surface area (Å²) in [4.78, 5) is 0. The molecule has 2 rings (SSSR count). The van der Waals surface area contributed by atoms with E-state index in [1.807, 2.05) is 24.3 Å². The molecule has 0 aromatic heterocycles. The second-order valence-electron chi connectivity index (χ2n) is 4.15. The maximum absolute atomic E-state index is 12.0. The van der Waals surface area contributed by atoms with Crippen molar-refractivity contribution in [3.05, 3.63) is 64.1 Å². The first-order valence-corrected chi connectivity index (χ1v) is 6.71. The van der Waals surface area contributed by atoms with Gasteiger partial charge in [0.05, 0.1) is 0 Å². The Kier molecular flexibility index (Phi) is 4.91. The molecule has 0 heterocycles. The summed E-state index contributed by atoms with van der Waals surface area (Å²) in [6.45, 7) is -2.77. The van der Waals surface area contributed by atoms with Crippen molar-refractivity contribution in [3.8, 4) is 5.75 Å².